The van der Waals surface area contributed by atoms with E-state index < -0.39 is 0 Å². The quantitative estimate of drug-likeness (QED) is 0.485. The number of aryl methyl sites for hydroxylation is 1. The third-order valence-corrected chi connectivity index (χ3v) is 4.29. The number of thiocarbonyl (C=S) groups is 1. The minimum absolute atomic E-state index is 0.0423. The SMILES string of the molecule is Cc1ccc(C(=O)NNC(=S)NC(=O)Cc2cccc3ccccc23)cc1. The van der Waals surface area contributed by atoms with E-state index in [1.165, 1.54) is 0 Å². The van der Waals surface area contributed by atoms with Gasteiger partial charge in [-0.3, -0.25) is 20.4 Å². The van der Waals surface area contributed by atoms with Crippen molar-refractivity contribution in [2.45, 2.75) is 13.3 Å². The first-order valence-electron chi connectivity index (χ1n) is 8.46. The molecule has 3 aromatic rings. The van der Waals surface area contributed by atoms with Crippen molar-refractivity contribution in [1.29, 1.82) is 0 Å². The van der Waals surface area contributed by atoms with Gasteiger partial charge in [-0.05, 0) is 47.6 Å². The van der Waals surface area contributed by atoms with E-state index in [0.717, 1.165) is 21.9 Å². The lowest BCUT2D eigenvalue weighted by atomic mass is 10.0. The topological polar surface area (TPSA) is 70.2 Å². The molecule has 0 saturated heterocycles. The van der Waals surface area contributed by atoms with Crippen LogP contribution in [0.3, 0.4) is 0 Å². The van der Waals surface area contributed by atoms with Crippen LogP contribution in [0.15, 0.2) is 66.7 Å². The molecule has 0 radical (unpaired) electrons. The largest absolute Gasteiger partial charge is 0.302 e. The third kappa shape index (κ3) is 4.89. The molecule has 0 atom stereocenters. The number of fused-ring (bicyclic) bond motifs is 1. The predicted octanol–water partition coefficient (Wildman–Crippen LogP) is 3.03. The molecule has 6 heteroatoms. The Bertz CT molecular complexity index is 994. The second-order valence-electron chi connectivity index (χ2n) is 6.14. The predicted molar refractivity (Wildman–Crippen MR) is 110 cm³/mol. The smallest absolute Gasteiger partial charge is 0.269 e. The summed E-state index contributed by atoms with van der Waals surface area (Å²) in [5.74, 6) is -0.589. The molecule has 3 aromatic carbocycles. The van der Waals surface area contributed by atoms with Crippen molar-refractivity contribution in [1.82, 2.24) is 16.2 Å². The molecule has 0 saturated carbocycles. The number of carbonyl (C=O) groups is 2. The van der Waals surface area contributed by atoms with Gasteiger partial charge in [0.05, 0.1) is 6.42 Å². The van der Waals surface area contributed by atoms with E-state index in [4.69, 9.17) is 12.2 Å². The van der Waals surface area contributed by atoms with Crippen LogP contribution in [0.2, 0.25) is 0 Å². The van der Waals surface area contributed by atoms with E-state index in [2.05, 4.69) is 16.2 Å². The summed E-state index contributed by atoms with van der Waals surface area (Å²) in [6, 6.07) is 20.9. The van der Waals surface area contributed by atoms with E-state index >= 15 is 0 Å². The first-order chi connectivity index (χ1) is 13.0. The van der Waals surface area contributed by atoms with Crippen molar-refractivity contribution in [3.8, 4) is 0 Å². The molecule has 0 aliphatic heterocycles. The standard InChI is InChI=1S/C21H19N3O2S/c1-14-9-11-16(12-10-14)20(26)23-24-21(27)22-19(25)13-17-7-4-6-15-5-2-3-8-18(15)17/h2-12H,13H2,1H3,(H,23,26)(H2,22,24,25,27). The average molecular weight is 377 g/mol. The highest BCUT2D eigenvalue weighted by Gasteiger charge is 2.10. The Morgan fingerprint density at radius 1 is 0.889 bits per heavy atom. The van der Waals surface area contributed by atoms with Crippen molar-refractivity contribution in [2.24, 2.45) is 0 Å². The Morgan fingerprint density at radius 3 is 2.37 bits per heavy atom. The lowest BCUT2D eigenvalue weighted by Crippen LogP contribution is -2.48. The number of hydrogen-bond acceptors (Lipinski definition) is 3. The lowest BCUT2D eigenvalue weighted by Gasteiger charge is -2.11. The van der Waals surface area contributed by atoms with Crippen LogP contribution < -0.4 is 16.2 Å². The van der Waals surface area contributed by atoms with Crippen molar-refractivity contribution < 1.29 is 9.59 Å². The van der Waals surface area contributed by atoms with E-state index in [-0.39, 0.29) is 23.3 Å². The summed E-state index contributed by atoms with van der Waals surface area (Å²) in [5, 5.41) is 4.73. The minimum Gasteiger partial charge on any atom is -0.302 e. The van der Waals surface area contributed by atoms with Crippen molar-refractivity contribution >= 4 is 39.9 Å². The maximum atomic E-state index is 12.3. The maximum absolute atomic E-state index is 12.3. The molecule has 0 spiro atoms. The first kappa shape index (κ1) is 18.5. The van der Waals surface area contributed by atoms with Crippen molar-refractivity contribution in [3.05, 3.63) is 83.4 Å². The van der Waals surface area contributed by atoms with E-state index in [9.17, 15) is 9.59 Å². The van der Waals surface area contributed by atoms with Crippen LogP contribution in [0.1, 0.15) is 21.5 Å². The van der Waals surface area contributed by atoms with Crippen LogP contribution in [0.25, 0.3) is 10.8 Å². The molecule has 0 bridgehead atoms. The van der Waals surface area contributed by atoms with Crippen molar-refractivity contribution in [2.75, 3.05) is 0 Å². The normalized spacial score (nSPS) is 10.3. The molecular weight excluding hydrogens is 358 g/mol. The minimum atomic E-state index is -0.333. The lowest BCUT2D eigenvalue weighted by molar-refractivity contribution is -0.119. The second kappa shape index (κ2) is 8.42. The Hall–Kier alpha value is -3.25. The summed E-state index contributed by atoms with van der Waals surface area (Å²) in [6.45, 7) is 1.94. The molecule has 0 aliphatic carbocycles. The molecule has 27 heavy (non-hydrogen) atoms. The zero-order valence-corrected chi connectivity index (χ0v) is 15.6. The number of rotatable bonds is 3. The summed E-state index contributed by atoms with van der Waals surface area (Å²) in [4.78, 5) is 24.3. The number of carbonyl (C=O) groups excluding carboxylic acids is 2. The molecule has 0 fully saturated rings. The molecule has 0 heterocycles. The summed E-state index contributed by atoms with van der Waals surface area (Å²) >= 11 is 5.07. The zero-order valence-electron chi connectivity index (χ0n) is 14.8. The van der Waals surface area contributed by atoms with Gasteiger partial charge in [0, 0.05) is 5.56 Å². The van der Waals surface area contributed by atoms with Gasteiger partial charge < -0.3 is 5.32 Å². The van der Waals surface area contributed by atoms with Gasteiger partial charge >= 0.3 is 0 Å². The van der Waals surface area contributed by atoms with Crippen LogP contribution >= 0.6 is 12.2 Å². The molecule has 3 rings (SSSR count). The monoisotopic (exact) mass is 377 g/mol. The van der Waals surface area contributed by atoms with Crippen LogP contribution in [0, 0.1) is 6.92 Å². The van der Waals surface area contributed by atoms with Gasteiger partial charge in [0.15, 0.2) is 5.11 Å². The van der Waals surface area contributed by atoms with Crippen LogP contribution in [0.4, 0.5) is 0 Å². The molecule has 0 aliphatic rings. The van der Waals surface area contributed by atoms with Gasteiger partial charge in [-0.2, -0.15) is 0 Å². The number of amides is 2. The average Bonchev–Trinajstić information content (AvgIpc) is 2.67. The van der Waals surface area contributed by atoms with E-state index in [0.29, 0.717) is 5.56 Å². The highest BCUT2D eigenvalue weighted by molar-refractivity contribution is 7.80. The van der Waals surface area contributed by atoms with Crippen LogP contribution in [0.5, 0.6) is 0 Å². The summed E-state index contributed by atoms with van der Waals surface area (Å²) < 4.78 is 0. The Kier molecular flexibility index (Phi) is 5.78. The molecule has 0 unspecified atom stereocenters. The van der Waals surface area contributed by atoms with Gasteiger partial charge in [0.2, 0.25) is 5.91 Å². The fraction of sp³-hybridized carbons (Fsp3) is 0.0952. The fourth-order valence-corrected chi connectivity index (χ4v) is 2.88. The molecule has 3 N–H and O–H groups in total. The van der Waals surface area contributed by atoms with Gasteiger partial charge in [-0.15, -0.1) is 0 Å². The number of nitrogens with one attached hydrogen (secondary N) is 3. The summed E-state index contributed by atoms with van der Waals surface area (Å²) in [6.07, 6.45) is 0.190. The van der Waals surface area contributed by atoms with Crippen LogP contribution in [-0.4, -0.2) is 16.9 Å². The van der Waals surface area contributed by atoms with Gasteiger partial charge in [0.1, 0.15) is 0 Å². The molecule has 136 valence electrons. The van der Waals surface area contributed by atoms with Gasteiger partial charge in [-0.1, -0.05) is 60.2 Å². The Morgan fingerprint density at radius 2 is 1.59 bits per heavy atom. The van der Waals surface area contributed by atoms with Gasteiger partial charge in [0.25, 0.3) is 5.91 Å². The Balaban J connectivity index is 1.54. The highest BCUT2D eigenvalue weighted by atomic mass is 32.1. The molecule has 2 amide bonds. The Labute approximate surface area is 162 Å². The first-order valence-corrected chi connectivity index (χ1v) is 8.87. The molecule has 5 nitrogen and oxygen atoms in total. The van der Waals surface area contributed by atoms with Gasteiger partial charge in [-0.25, -0.2) is 0 Å². The molecule has 0 aromatic heterocycles. The number of benzene rings is 3. The van der Waals surface area contributed by atoms with Crippen LogP contribution in [-0.2, 0) is 11.2 Å². The maximum Gasteiger partial charge on any atom is 0.269 e. The highest BCUT2D eigenvalue weighted by Crippen LogP contribution is 2.18. The van der Waals surface area contributed by atoms with Crippen molar-refractivity contribution in [3.63, 3.8) is 0 Å². The second-order valence-corrected chi connectivity index (χ2v) is 6.55. The zero-order chi connectivity index (χ0) is 19.2. The van der Waals surface area contributed by atoms with E-state index in [1.54, 1.807) is 12.1 Å². The summed E-state index contributed by atoms with van der Waals surface area (Å²) in [5.41, 5.74) is 7.50. The number of hydrazine groups is 1. The molecular formula is C21H19N3O2S. The summed E-state index contributed by atoms with van der Waals surface area (Å²) in [7, 11) is 0. The third-order valence-electron chi connectivity index (χ3n) is 4.09. The van der Waals surface area contributed by atoms with E-state index in [1.807, 2.05) is 61.5 Å². The number of hydrogen-bond donors (Lipinski definition) is 3. The fourth-order valence-electron chi connectivity index (χ4n) is 2.71.